The summed E-state index contributed by atoms with van der Waals surface area (Å²) in [6.45, 7) is 12.0. The molecule has 0 unspecified atom stereocenters. The summed E-state index contributed by atoms with van der Waals surface area (Å²) >= 11 is 5.10. The highest BCUT2D eigenvalue weighted by molar-refractivity contribution is 7.80. The summed E-state index contributed by atoms with van der Waals surface area (Å²) in [6.07, 6.45) is 3.22. The standard InChI is InChI=1S/C22H23N3O2S/c1-6-10-24-21(27)18(20(26)23-22(24)28)12-17-11-15(4)25(16(17)5)19-13(2)8-7-9-14(19)3/h6-9,11-12H,1,10H2,2-5H3,(H,23,26,28)/b18-12+. The molecule has 2 amide bonds. The molecule has 5 nitrogen and oxygen atoms in total. The normalized spacial score (nSPS) is 15.9. The molecular formula is C22H23N3O2S. The number of carbonyl (C=O) groups excluding carboxylic acids is 2. The Morgan fingerprint density at radius 3 is 2.39 bits per heavy atom. The number of benzene rings is 1. The molecule has 1 saturated heterocycles. The van der Waals surface area contributed by atoms with Gasteiger partial charge >= 0.3 is 0 Å². The zero-order valence-electron chi connectivity index (χ0n) is 16.5. The van der Waals surface area contributed by atoms with E-state index in [1.54, 1.807) is 12.2 Å². The summed E-state index contributed by atoms with van der Waals surface area (Å²) in [5.41, 5.74) is 6.33. The fourth-order valence-electron chi connectivity index (χ4n) is 3.58. The molecule has 1 fully saturated rings. The molecule has 3 rings (SSSR count). The molecule has 2 aromatic rings. The zero-order chi connectivity index (χ0) is 20.6. The molecule has 1 aromatic carbocycles. The molecule has 1 N–H and O–H groups in total. The van der Waals surface area contributed by atoms with Crippen molar-refractivity contribution in [1.82, 2.24) is 14.8 Å². The third-order valence-electron chi connectivity index (χ3n) is 4.93. The van der Waals surface area contributed by atoms with Crippen molar-refractivity contribution in [3.8, 4) is 5.69 Å². The quantitative estimate of drug-likeness (QED) is 0.374. The summed E-state index contributed by atoms with van der Waals surface area (Å²) in [4.78, 5) is 26.5. The number of thiocarbonyl (C=S) groups is 1. The predicted molar refractivity (Wildman–Crippen MR) is 115 cm³/mol. The monoisotopic (exact) mass is 393 g/mol. The van der Waals surface area contributed by atoms with Gasteiger partial charge in [-0.1, -0.05) is 24.3 Å². The summed E-state index contributed by atoms with van der Waals surface area (Å²) in [6, 6.07) is 8.17. The summed E-state index contributed by atoms with van der Waals surface area (Å²) in [7, 11) is 0. The molecule has 0 saturated carbocycles. The summed E-state index contributed by atoms with van der Waals surface area (Å²) in [5, 5.41) is 2.69. The van der Waals surface area contributed by atoms with E-state index in [2.05, 4.69) is 42.4 Å². The Hall–Kier alpha value is -2.99. The van der Waals surface area contributed by atoms with Crippen LogP contribution in [-0.4, -0.2) is 32.9 Å². The SMILES string of the molecule is C=CCN1C(=O)/C(=C/c2cc(C)n(-c3c(C)cccc3C)c2C)C(=O)NC1=S. The minimum atomic E-state index is -0.479. The van der Waals surface area contributed by atoms with E-state index in [1.165, 1.54) is 4.90 Å². The van der Waals surface area contributed by atoms with Crippen LogP contribution >= 0.6 is 12.2 Å². The highest BCUT2D eigenvalue weighted by atomic mass is 32.1. The van der Waals surface area contributed by atoms with Gasteiger partial charge in [0.25, 0.3) is 11.8 Å². The number of hydrogen-bond acceptors (Lipinski definition) is 3. The second-order valence-electron chi connectivity index (χ2n) is 6.92. The summed E-state index contributed by atoms with van der Waals surface area (Å²) < 4.78 is 2.16. The van der Waals surface area contributed by atoms with Gasteiger partial charge in [-0.2, -0.15) is 0 Å². The minimum Gasteiger partial charge on any atom is -0.317 e. The number of nitrogens with zero attached hydrogens (tertiary/aromatic N) is 2. The van der Waals surface area contributed by atoms with Gasteiger partial charge in [0.05, 0.1) is 5.69 Å². The Balaban J connectivity index is 2.11. The third-order valence-corrected chi connectivity index (χ3v) is 5.25. The van der Waals surface area contributed by atoms with E-state index >= 15 is 0 Å². The maximum absolute atomic E-state index is 12.8. The van der Waals surface area contributed by atoms with Crippen molar-refractivity contribution in [3.05, 3.63) is 70.6 Å². The number of amides is 2. The fraction of sp³-hybridized carbons (Fsp3) is 0.227. The van der Waals surface area contributed by atoms with Crippen molar-refractivity contribution in [3.63, 3.8) is 0 Å². The van der Waals surface area contributed by atoms with E-state index in [1.807, 2.05) is 26.0 Å². The van der Waals surface area contributed by atoms with Crippen molar-refractivity contribution in [2.45, 2.75) is 27.7 Å². The lowest BCUT2D eigenvalue weighted by molar-refractivity contribution is -0.128. The molecular weight excluding hydrogens is 370 g/mol. The van der Waals surface area contributed by atoms with Gasteiger partial charge in [-0.15, -0.1) is 6.58 Å². The van der Waals surface area contributed by atoms with E-state index < -0.39 is 11.8 Å². The molecule has 1 aliphatic rings. The summed E-state index contributed by atoms with van der Waals surface area (Å²) in [5.74, 6) is -0.891. The largest absolute Gasteiger partial charge is 0.317 e. The first-order valence-electron chi connectivity index (χ1n) is 9.01. The number of carbonyl (C=O) groups is 2. The number of rotatable bonds is 4. The van der Waals surface area contributed by atoms with Gasteiger partial charge in [0.1, 0.15) is 5.57 Å². The molecule has 0 atom stereocenters. The van der Waals surface area contributed by atoms with Crippen LogP contribution in [0.2, 0.25) is 0 Å². The molecule has 144 valence electrons. The number of hydrogen-bond donors (Lipinski definition) is 1. The van der Waals surface area contributed by atoms with Crippen LogP contribution in [0.4, 0.5) is 0 Å². The van der Waals surface area contributed by atoms with Crippen molar-refractivity contribution < 1.29 is 9.59 Å². The Morgan fingerprint density at radius 2 is 1.79 bits per heavy atom. The Kier molecular flexibility index (Phi) is 5.34. The van der Waals surface area contributed by atoms with Crippen LogP contribution in [0.15, 0.2) is 42.5 Å². The van der Waals surface area contributed by atoms with E-state index in [9.17, 15) is 9.59 Å². The first-order valence-corrected chi connectivity index (χ1v) is 9.42. The zero-order valence-corrected chi connectivity index (χ0v) is 17.3. The molecule has 0 aliphatic carbocycles. The van der Waals surface area contributed by atoms with Gasteiger partial charge in [-0.05, 0) is 68.7 Å². The molecule has 2 heterocycles. The molecule has 0 spiro atoms. The molecule has 0 bridgehead atoms. The van der Waals surface area contributed by atoms with Gasteiger partial charge in [0.15, 0.2) is 5.11 Å². The van der Waals surface area contributed by atoms with E-state index in [0.717, 1.165) is 33.8 Å². The van der Waals surface area contributed by atoms with Crippen LogP contribution in [0.3, 0.4) is 0 Å². The number of para-hydroxylation sites is 1. The van der Waals surface area contributed by atoms with E-state index in [4.69, 9.17) is 12.2 Å². The molecule has 1 aromatic heterocycles. The van der Waals surface area contributed by atoms with Crippen molar-refractivity contribution in [2.75, 3.05) is 6.54 Å². The fourth-order valence-corrected chi connectivity index (χ4v) is 3.83. The molecule has 0 radical (unpaired) electrons. The predicted octanol–water partition coefficient (Wildman–Crippen LogP) is 3.52. The van der Waals surface area contributed by atoms with Crippen molar-refractivity contribution >= 4 is 35.2 Å². The average molecular weight is 394 g/mol. The first-order chi connectivity index (χ1) is 13.3. The molecule has 1 aliphatic heterocycles. The topological polar surface area (TPSA) is 54.3 Å². The molecule has 6 heteroatoms. The Labute approximate surface area is 170 Å². The lowest BCUT2D eigenvalue weighted by Gasteiger charge is -2.27. The Bertz CT molecular complexity index is 1030. The minimum absolute atomic E-state index is 0.0669. The maximum Gasteiger partial charge on any atom is 0.265 e. The lowest BCUT2D eigenvalue weighted by Crippen LogP contribution is -2.53. The van der Waals surface area contributed by atoms with Crippen LogP contribution in [0.25, 0.3) is 11.8 Å². The van der Waals surface area contributed by atoms with Crippen molar-refractivity contribution in [2.24, 2.45) is 0 Å². The lowest BCUT2D eigenvalue weighted by atomic mass is 10.1. The van der Waals surface area contributed by atoms with Gasteiger partial charge in [0.2, 0.25) is 0 Å². The second kappa shape index (κ2) is 7.56. The van der Waals surface area contributed by atoms with Gasteiger partial charge in [-0.3, -0.25) is 19.8 Å². The van der Waals surface area contributed by atoms with E-state index in [-0.39, 0.29) is 17.2 Å². The number of nitrogens with one attached hydrogen (secondary N) is 1. The third kappa shape index (κ3) is 3.31. The van der Waals surface area contributed by atoms with Crippen LogP contribution in [-0.2, 0) is 9.59 Å². The van der Waals surface area contributed by atoms with Gasteiger partial charge in [0, 0.05) is 17.9 Å². The molecule has 28 heavy (non-hydrogen) atoms. The van der Waals surface area contributed by atoms with Crippen molar-refractivity contribution in [1.29, 1.82) is 0 Å². The second-order valence-corrected chi connectivity index (χ2v) is 7.31. The van der Waals surface area contributed by atoms with Gasteiger partial charge < -0.3 is 4.57 Å². The first kappa shape index (κ1) is 19.8. The van der Waals surface area contributed by atoms with E-state index in [0.29, 0.717) is 0 Å². The smallest absolute Gasteiger partial charge is 0.265 e. The van der Waals surface area contributed by atoms with Crippen LogP contribution in [0, 0.1) is 27.7 Å². The van der Waals surface area contributed by atoms with Crippen LogP contribution < -0.4 is 5.32 Å². The van der Waals surface area contributed by atoms with Crippen LogP contribution in [0.1, 0.15) is 28.1 Å². The Morgan fingerprint density at radius 1 is 1.14 bits per heavy atom. The number of aromatic nitrogens is 1. The maximum atomic E-state index is 12.8. The average Bonchev–Trinajstić information content (AvgIpc) is 2.90. The van der Waals surface area contributed by atoms with Gasteiger partial charge in [-0.25, -0.2) is 0 Å². The highest BCUT2D eigenvalue weighted by Gasteiger charge is 2.33. The highest BCUT2D eigenvalue weighted by Crippen LogP contribution is 2.27. The van der Waals surface area contributed by atoms with Crippen LogP contribution in [0.5, 0.6) is 0 Å². The number of aryl methyl sites for hydroxylation is 3.